The lowest BCUT2D eigenvalue weighted by Crippen LogP contribution is -2.12. The molecule has 0 radical (unpaired) electrons. The van der Waals surface area contributed by atoms with Crippen LogP contribution in [0.15, 0.2) is 0 Å². The van der Waals surface area contributed by atoms with Gasteiger partial charge in [-0.2, -0.15) is 0 Å². The molecule has 7 heavy (non-hydrogen) atoms. The first-order chi connectivity index (χ1) is 3.39. The van der Waals surface area contributed by atoms with Gasteiger partial charge in [-0.1, -0.05) is 0 Å². The van der Waals surface area contributed by atoms with Crippen molar-refractivity contribution in [2.45, 2.75) is 0 Å². The molecule has 1 heterocycles. The quantitative estimate of drug-likeness (QED) is 0.350. The number of carbonyl (C=O) groups excluding carboxylic acids is 1. The van der Waals surface area contributed by atoms with E-state index in [1.54, 1.807) is 0 Å². The Labute approximate surface area is 45.2 Å². The van der Waals surface area contributed by atoms with Gasteiger partial charge in [0.25, 0.3) is 0 Å². The van der Waals surface area contributed by atoms with Gasteiger partial charge in [-0.25, -0.2) is 4.79 Å². The van der Waals surface area contributed by atoms with E-state index in [0.29, 0.717) is 6.61 Å². The standard InChI is InChI=1S/C3H4O3S/c4-3-5-1-2-7-6-3/h1-2H2. The molecule has 0 N–H and O–H groups in total. The molecule has 1 aliphatic heterocycles. The molecule has 0 atom stereocenters. The molecule has 0 aliphatic carbocycles. The lowest BCUT2D eigenvalue weighted by Gasteiger charge is -2.07. The van der Waals surface area contributed by atoms with Gasteiger partial charge >= 0.3 is 6.16 Å². The van der Waals surface area contributed by atoms with Crippen LogP contribution in [0.2, 0.25) is 0 Å². The fourth-order valence-electron chi connectivity index (χ4n) is 0.273. The van der Waals surface area contributed by atoms with E-state index in [2.05, 4.69) is 8.92 Å². The number of hydrogen-bond donors (Lipinski definition) is 0. The van der Waals surface area contributed by atoms with Crippen LogP contribution >= 0.6 is 12.0 Å². The van der Waals surface area contributed by atoms with Crippen molar-refractivity contribution in [3.63, 3.8) is 0 Å². The Balaban J connectivity index is 2.25. The summed E-state index contributed by atoms with van der Waals surface area (Å²) >= 11 is 1.13. The summed E-state index contributed by atoms with van der Waals surface area (Å²) in [6.45, 7) is 0.476. The molecular weight excluding hydrogens is 116 g/mol. The zero-order valence-electron chi connectivity index (χ0n) is 3.55. The van der Waals surface area contributed by atoms with Gasteiger partial charge in [0.05, 0.1) is 17.8 Å². The summed E-state index contributed by atoms with van der Waals surface area (Å²) in [5.41, 5.74) is 0. The fraction of sp³-hybridized carbons (Fsp3) is 0.667. The van der Waals surface area contributed by atoms with E-state index in [9.17, 15) is 4.79 Å². The lowest BCUT2D eigenvalue weighted by molar-refractivity contribution is 0.104. The summed E-state index contributed by atoms with van der Waals surface area (Å²) in [6, 6.07) is 0. The largest absolute Gasteiger partial charge is 0.520 e. The van der Waals surface area contributed by atoms with Crippen LogP contribution in [0.5, 0.6) is 0 Å². The summed E-state index contributed by atoms with van der Waals surface area (Å²) in [5, 5.41) is 0. The highest BCUT2D eigenvalue weighted by Crippen LogP contribution is 2.08. The fourth-order valence-corrected chi connectivity index (χ4v) is 0.652. The van der Waals surface area contributed by atoms with E-state index in [1.807, 2.05) is 0 Å². The van der Waals surface area contributed by atoms with E-state index in [0.717, 1.165) is 17.8 Å². The second-order valence-electron chi connectivity index (χ2n) is 1.00. The molecule has 1 aliphatic rings. The molecule has 0 spiro atoms. The Morgan fingerprint density at radius 1 is 1.71 bits per heavy atom. The first-order valence-electron chi connectivity index (χ1n) is 1.86. The molecule has 0 bridgehead atoms. The third-order valence-corrected chi connectivity index (χ3v) is 1.10. The molecule has 0 unspecified atom stereocenters. The maximum atomic E-state index is 10.00. The molecule has 0 amide bonds. The average Bonchev–Trinajstić information content (AvgIpc) is 1.69. The van der Waals surface area contributed by atoms with E-state index >= 15 is 0 Å². The molecule has 0 aromatic carbocycles. The summed E-state index contributed by atoms with van der Waals surface area (Å²) in [7, 11) is 0. The maximum absolute atomic E-state index is 10.00. The molecule has 0 aromatic heterocycles. The number of hydrogen-bond acceptors (Lipinski definition) is 4. The van der Waals surface area contributed by atoms with Crippen molar-refractivity contribution in [2.24, 2.45) is 0 Å². The van der Waals surface area contributed by atoms with Gasteiger partial charge in [0.1, 0.15) is 6.61 Å². The molecule has 1 fully saturated rings. The van der Waals surface area contributed by atoms with E-state index in [-0.39, 0.29) is 0 Å². The van der Waals surface area contributed by atoms with Crippen LogP contribution in [0.25, 0.3) is 0 Å². The highest BCUT2D eigenvalue weighted by Gasteiger charge is 2.09. The normalized spacial score (nSPS) is 20.3. The highest BCUT2D eigenvalue weighted by molar-refractivity contribution is 7.95. The van der Waals surface area contributed by atoms with Gasteiger partial charge in [0.2, 0.25) is 0 Å². The van der Waals surface area contributed by atoms with Crippen molar-refractivity contribution < 1.29 is 13.7 Å². The predicted molar refractivity (Wildman–Crippen MR) is 24.9 cm³/mol. The van der Waals surface area contributed by atoms with Gasteiger partial charge in [-0.05, 0) is 0 Å². The zero-order chi connectivity index (χ0) is 5.11. The van der Waals surface area contributed by atoms with Crippen molar-refractivity contribution in [2.75, 3.05) is 12.4 Å². The Bertz CT molecular complexity index is 74.2. The molecule has 0 aromatic rings. The first kappa shape index (κ1) is 4.77. The van der Waals surface area contributed by atoms with E-state index < -0.39 is 6.16 Å². The third kappa shape index (κ3) is 1.27. The average molecular weight is 120 g/mol. The van der Waals surface area contributed by atoms with Gasteiger partial charge in [0, 0.05) is 0 Å². The van der Waals surface area contributed by atoms with Crippen molar-refractivity contribution in [3.8, 4) is 0 Å². The van der Waals surface area contributed by atoms with E-state index in [4.69, 9.17) is 0 Å². The van der Waals surface area contributed by atoms with Crippen LogP contribution in [0.4, 0.5) is 4.79 Å². The van der Waals surface area contributed by atoms with Gasteiger partial charge in [-0.15, -0.1) is 0 Å². The van der Waals surface area contributed by atoms with Crippen molar-refractivity contribution in [3.05, 3.63) is 0 Å². The maximum Gasteiger partial charge on any atom is 0.520 e. The first-order valence-corrected chi connectivity index (χ1v) is 2.77. The van der Waals surface area contributed by atoms with Crippen LogP contribution in [-0.4, -0.2) is 18.5 Å². The van der Waals surface area contributed by atoms with Crippen LogP contribution < -0.4 is 0 Å². The van der Waals surface area contributed by atoms with Gasteiger partial charge < -0.3 is 8.92 Å². The number of ether oxygens (including phenoxy) is 1. The summed E-state index contributed by atoms with van der Waals surface area (Å²) in [6.07, 6.45) is -0.573. The van der Waals surface area contributed by atoms with Crippen molar-refractivity contribution >= 4 is 18.2 Å². The molecule has 4 heteroatoms. The number of cyclic esters (lactones) is 1. The van der Waals surface area contributed by atoms with Crippen LogP contribution in [-0.2, 0) is 8.92 Å². The zero-order valence-corrected chi connectivity index (χ0v) is 4.36. The summed E-state index contributed by atoms with van der Waals surface area (Å²) in [4.78, 5) is 10.00. The summed E-state index contributed by atoms with van der Waals surface area (Å²) in [5.74, 6) is 0.742. The Hall–Kier alpha value is -0.380. The molecule has 1 saturated heterocycles. The van der Waals surface area contributed by atoms with E-state index in [1.165, 1.54) is 0 Å². The van der Waals surface area contributed by atoms with Crippen LogP contribution in [0.3, 0.4) is 0 Å². The Morgan fingerprint density at radius 3 is 2.86 bits per heavy atom. The molecule has 1 rings (SSSR count). The molecular formula is C3H4O3S. The SMILES string of the molecule is O=C1OCCSO1. The number of carbonyl (C=O) groups is 1. The van der Waals surface area contributed by atoms with Gasteiger partial charge in [-0.3, -0.25) is 0 Å². The van der Waals surface area contributed by atoms with Crippen molar-refractivity contribution in [1.82, 2.24) is 0 Å². The van der Waals surface area contributed by atoms with Crippen molar-refractivity contribution in [1.29, 1.82) is 0 Å². The highest BCUT2D eigenvalue weighted by atomic mass is 32.2. The smallest absolute Gasteiger partial charge is 0.433 e. The number of rotatable bonds is 0. The molecule has 3 nitrogen and oxygen atoms in total. The summed E-state index contributed by atoms with van der Waals surface area (Å²) < 4.78 is 8.73. The van der Waals surface area contributed by atoms with Crippen LogP contribution in [0.1, 0.15) is 0 Å². The molecule has 40 valence electrons. The Morgan fingerprint density at radius 2 is 2.57 bits per heavy atom. The van der Waals surface area contributed by atoms with Crippen LogP contribution in [0, 0.1) is 0 Å². The second-order valence-corrected chi connectivity index (χ2v) is 1.81. The molecule has 0 saturated carbocycles. The topological polar surface area (TPSA) is 35.5 Å². The van der Waals surface area contributed by atoms with Gasteiger partial charge in [0.15, 0.2) is 0 Å². The minimum absolute atomic E-state index is 0.476. The third-order valence-electron chi connectivity index (χ3n) is 0.514. The second kappa shape index (κ2) is 2.07. The lowest BCUT2D eigenvalue weighted by atomic mass is 10.9. The Kier molecular flexibility index (Phi) is 1.41. The monoisotopic (exact) mass is 120 g/mol. The minimum atomic E-state index is -0.573. The predicted octanol–water partition coefficient (Wildman–Crippen LogP) is 0.801. The minimum Gasteiger partial charge on any atom is -0.433 e.